The topological polar surface area (TPSA) is 65.5 Å². The van der Waals surface area contributed by atoms with E-state index in [2.05, 4.69) is 15.3 Å². The van der Waals surface area contributed by atoms with Crippen molar-refractivity contribution in [3.05, 3.63) is 52.9 Å². The van der Waals surface area contributed by atoms with Gasteiger partial charge in [0.1, 0.15) is 29.9 Å². The zero-order chi connectivity index (χ0) is 23.5. The highest BCUT2D eigenvalue weighted by Crippen LogP contribution is 2.36. The van der Waals surface area contributed by atoms with Crippen molar-refractivity contribution in [1.29, 1.82) is 0 Å². The second-order valence-corrected chi connectivity index (χ2v) is 6.76. The Labute approximate surface area is 180 Å². The van der Waals surface area contributed by atoms with Crippen LogP contribution in [0.15, 0.2) is 24.3 Å². The van der Waals surface area contributed by atoms with Crippen LogP contribution in [0.1, 0.15) is 17.0 Å². The number of ether oxygens (including phenoxy) is 3. The Morgan fingerprint density at radius 2 is 1.72 bits per heavy atom. The van der Waals surface area contributed by atoms with Crippen LogP contribution in [0.4, 0.5) is 27.8 Å². The van der Waals surface area contributed by atoms with Gasteiger partial charge in [0.25, 0.3) is 0 Å². The third-order valence-electron chi connectivity index (χ3n) is 4.50. The van der Waals surface area contributed by atoms with Crippen LogP contribution in [0, 0.1) is 18.6 Å². The van der Waals surface area contributed by atoms with Gasteiger partial charge >= 0.3 is 6.18 Å². The van der Waals surface area contributed by atoms with E-state index in [4.69, 9.17) is 14.2 Å². The van der Waals surface area contributed by atoms with E-state index in [1.807, 2.05) is 0 Å². The summed E-state index contributed by atoms with van der Waals surface area (Å²) in [6.45, 7) is 1.74. The number of aryl methyl sites for hydroxylation is 1. The molecule has 3 aromatic rings. The summed E-state index contributed by atoms with van der Waals surface area (Å²) < 4.78 is 83.0. The van der Waals surface area contributed by atoms with E-state index in [1.54, 1.807) is 19.1 Å². The fourth-order valence-corrected chi connectivity index (χ4v) is 3.05. The Bertz CT molecular complexity index is 1120. The molecule has 0 aliphatic rings. The second-order valence-electron chi connectivity index (χ2n) is 6.76. The highest BCUT2D eigenvalue weighted by atomic mass is 19.4. The highest BCUT2D eigenvalue weighted by molar-refractivity contribution is 5.91. The zero-order valence-electron chi connectivity index (χ0n) is 17.4. The Morgan fingerprint density at radius 1 is 0.969 bits per heavy atom. The summed E-state index contributed by atoms with van der Waals surface area (Å²) in [6, 6.07) is 4.03. The van der Waals surface area contributed by atoms with Crippen molar-refractivity contribution in [3.63, 3.8) is 0 Å². The number of methoxy groups -OCH3 is 2. The molecule has 0 amide bonds. The quantitative estimate of drug-likeness (QED) is 0.384. The number of halogens is 5. The summed E-state index contributed by atoms with van der Waals surface area (Å²) >= 11 is 0. The summed E-state index contributed by atoms with van der Waals surface area (Å²) in [5, 5.41) is 3.23. The molecule has 0 aliphatic heterocycles. The van der Waals surface area contributed by atoms with Gasteiger partial charge in [-0.2, -0.15) is 13.2 Å². The molecular weight excluding hydrogens is 437 g/mol. The van der Waals surface area contributed by atoms with Gasteiger partial charge in [-0.25, -0.2) is 18.7 Å². The van der Waals surface area contributed by atoms with Gasteiger partial charge in [-0.15, -0.1) is 0 Å². The molecule has 0 fully saturated rings. The van der Waals surface area contributed by atoms with Crippen molar-refractivity contribution in [2.75, 3.05) is 32.8 Å². The SMILES string of the molecule is COCCOc1cc2c(NCc3cc(F)cc(C(F)(F)F)c3F)nc(C)nc2cc1OC. The fraction of sp³-hybridized carbons (Fsp3) is 0.333. The number of anilines is 1. The standard InChI is InChI=1S/C21H20F5N3O3/c1-11-28-16-9-17(31-3)18(32-5-4-30-2)8-14(16)20(29-11)27-10-12-6-13(22)7-15(19(12)23)21(24,25)26/h6-9H,4-5,10H2,1-3H3,(H,27,28,29). The minimum Gasteiger partial charge on any atom is -0.493 e. The molecule has 0 unspecified atom stereocenters. The lowest BCUT2D eigenvalue weighted by molar-refractivity contribution is -0.140. The third kappa shape index (κ3) is 5.16. The summed E-state index contributed by atoms with van der Waals surface area (Å²) in [4.78, 5) is 8.57. The number of nitrogens with one attached hydrogen (secondary N) is 1. The lowest BCUT2D eigenvalue weighted by Gasteiger charge is -2.15. The summed E-state index contributed by atoms with van der Waals surface area (Å²) in [5.41, 5.74) is -1.70. The molecule has 0 atom stereocenters. The molecule has 0 saturated heterocycles. The van der Waals surface area contributed by atoms with Gasteiger partial charge in [0.05, 0.1) is 24.8 Å². The molecule has 11 heteroatoms. The minimum atomic E-state index is -5.02. The summed E-state index contributed by atoms with van der Waals surface area (Å²) in [7, 11) is 2.98. The third-order valence-corrected chi connectivity index (χ3v) is 4.50. The van der Waals surface area contributed by atoms with Crippen molar-refractivity contribution in [2.45, 2.75) is 19.6 Å². The average molecular weight is 457 g/mol. The van der Waals surface area contributed by atoms with Gasteiger partial charge < -0.3 is 19.5 Å². The Hall–Kier alpha value is -3.21. The summed E-state index contributed by atoms with van der Waals surface area (Å²) in [6.07, 6.45) is -5.02. The van der Waals surface area contributed by atoms with E-state index in [9.17, 15) is 22.0 Å². The first kappa shape index (κ1) is 23.5. The Kier molecular flexibility index (Phi) is 6.97. The molecule has 0 saturated carbocycles. The van der Waals surface area contributed by atoms with Gasteiger partial charge in [-0.1, -0.05) is 0 Å². The molecule has 1 heterocycles. The van der Waals surface area contributed by atoms with Gasteiger partial charge in [-0.05, 0) is 25.1 Å². The van der Waals surface area contributed by atoms with Crippen LogP contribution in [0.25, 0.3) is 10.9 Å². The van der Waals surface area contributed by atoms with Crippen LogP contribution >= 0.6 is 0 Å². The van der Waals surface area contributed by atoms with E-state index in [0.29, 0.717) is 40.9 Å². The van der Waals surface area contributed by atoms with Crippen LogP contribution in [-0.2, 0) is 17.5 Å². The lowest BCUT2D eigenvalue weighted by atomic mass is 10.1. The molecule has 172 valence electrons. The maximum Gasteiger partial charge on any atom is 0.419 e. The molecule has 1 N–H and O–H groups in total. The van der Waals surface area contributed by atoms with Crippen LogP contribution in [0.5, 0.6) is 11.5 Å². The van der Waals surface area contributed by atoms with Crippen LogP contribution in [0.3, 0.4) is 0 Å². The second kappa shape index (κ2) is 9.51. The number of benzene rings is 2. The molecular formula is C21H20F5N3O3. The predicted octanol–water partition coefficient (Wildman–Crippen LogP) is 4.88. The highest BCUT2D eigenvalue weighted by Gasteiger charge is 2.35. The average Bonchev–Trinajstić information content (AvgIpc) is 2.72. The Balaban J connectivity index is 1.99. The van der Waals surface area contributed by atoms with E-state index >= 15 is 0 Å². The maximum absolute atomic E-state index is 14.4. The lowest BCUT2D eigenvalue weighted by Crippen LogP contribution is -2.13. The molecule has 0 spiro atoms. The molecule has 1 aromatic heterocycles. The van der Waals surface area contributed by atoms with E-state index in [1.165, 1.54) is 14.2 Å². The molecule has 6 nitrogen and oxygen atoms in total. The van der Waals surface area contributed by atoms with Crippen molar-refractivity contribution < 1.29 is 36.2 Å². The monoisotopic (exact) mass is 457 g/mol. The fourth-order valence-electron chi connectivity index (χ4n) is 3.05. The van der Waals surface area contributed by atoms with Crippen molar-refractivity contribution >= 4 is 16.7 Å². The number of alkyl halides is 3. The Morgan fingerprint density at radius 3 is 2.38 bits per heavy atom. The first-order valence-corrected chi connectivity index (χ1v) is 9.41. The number of rotatable bonds is 8. The molecule has 3 rings (SSSR count). The molecule has 0 bridgehead atoms. The van der Waals surface area contributed by atoms with E-state index in [-0.39, 0.29) is 18.5 Å². The van der Waals surface area contributed by atoms with Crippen molar-refractivity contribution in [2.24, 2.45) is 0 Å². The molecule has 0 radical (unpaired) electrons. The first-order valence-electron chi connectivity index (χ1n) is 9.41. The molecule has 0 aliphatic carbocycles. The van der Waals surface area contributed by atoms with Crippen LogP contribution in [0.2, 0.25) is 0 Å². The van der Waals surface area contributed by atoms with E-state index < -0.39 is 35.5 Å². The first-order chi connectivity index (χ1) is 15.1. The number of hydrogen-bond acceptors (Lipinski definition) is 6. The summed E-state index contributed by atoms with van der Waals surface area (Å²) in [5.74, 6) is -1.41. The van der Waals surface area contributed by atoms with Crippen LogP contribution in [-0.4, -0.2) is 37.4 Å². The van der Waals surface area contributed by atoms with Crippen molar-refractivity contribution in [1.82, 2.24) is 9.97 Å². The van der Waals surface area contributed by atoms with Crippen LogP contribution < -0.4 is 14.8 Å². The number of nitrogens with zero attached hydrogens (tertiary/aromatic N) is 2. The van der Waals surface area contributed by atoms with Gasteiger partial charge in [0.15, 0.2) is 11.5 Å². The minimum absolute atomic E-state index is 0.124. The number of hydrogen-bond donors (Lipinski definition) is 1. The zero-order valence-corrected chi connectivity index (χ0v) is 17.4. The maximum atomic E-state index is 14.4. The van der Waals surface area contributed by atoms with Gasteiger partial charge in [0.2, 0.25) is 0 Å². The molecule has 32 heavy (non-hydrogen) atoms. The normalized spacial score (nSPS) is 11.6. The van der Waals surface area contributed by atoms with Crippen molar-refractivity contribution in [3.8, 4) is 11.5 Å². The number of fused-ring (bicyclic) bond motifs is 1. The smallest absolute Gasteiger partial charge is 0.419 e. The van der Waals surface area contributed by atoms with E-state index in [0.717, 1.165) is 0 Å². The van der Waals surface area contributed by atoms with Gasteiger partial charge in [0, 0.05) is 30.7 Å². The largest absolute Gasteiger partial charge is 0.493 e. The predicted molar refractivity (Wildman–Crippen MR) is 107 cm³/mol. The molecule has 2 aromatic carbocycles. The van der Waals surface area contributed by atoms with Gasteiger partial charge in [-0.3, -0.25) is 0 Å². The number of aromatic nitrogens is 2.